The number of amides is 2. The summed E-state index contributed by atoms with van der Waals surface area (Å²) in [7, 11) is 0. The summed E-state index contributed by atoms with van der Waals surface area (Å²) in [6.45, 7) is 0.693. The van der Waals surface area contributed by atoms with Gasteiger partial charge in [-0.3, -0.25) is 9.59 Å². The van der Waals surface area contributed by atoms with Crippen LogP contribution in [0.2, 0.25) is 0 Å². The minimum atomic E-state index is -0.232. The van der Waals surface area contributed by atoms with Crippen molar-refractivity contribution in [2.75, 3.05) is 13.1 Å². The average molecular weight is 416 g/mol. The zero-order valence-electron chi connectivity index (χ0n) is 16.4. The van der Waals surface area contributed by atoms with Crippen molar-refractivity contribution in [3.8, 4) is 0 Å². The van der Waals surface area contributed by atoms with Crippen LogP contribution in [-0.2, 0) is 4.79 Å². The Labute approximate surface area is 178 Å². The van der Waals surface area contributed by atoms with E-state index in [-0.39, 0.29) is 24.4 Å². The molecule has 0 bridgehead atoms. The number of carbonyl (C=O) groups excluding carboxylic acids is 2. The molecule has 1 atom stereocenters. The molecule has 1 N–H and O–H groups in total. The first-order valence-corrected chi connectivity index (χ1v) is 10.9. The lowest BCUT2D eigenvalue weighted by molar-refractivity contribution is -0.131. The van der Waals surface area contributed by atoms with Crippen LogP contribution in [0, 0.1) is 0 Å². The molecule has 2 amide bonds. The number of thiazole rings is 1. The van der Waals surface area contributed by atoms with Crippen LogP contribution in [-0.4, -0.2) is 34.8 Å². The summed E-state index contributed by atoms with van der Waals surface area (Å²) in [5, 5.41) is 5.86. The van der Waals surface area contributed by atoms with Crippen LogP contribution in [0.25, 0.3) is 21.0 Å². The van der Waals surface area contributed by atoms with Crippen molar-refractivity contribution in [3.63, 3.8) is 0 Å². The monoisotopic (exact) mass is 415 g/mol. The molecule has 1 aliphatic rings. The third-order valence-corrected chi connectivity index (χ3v) is 6.72. The Morgan fingerprint density at radius 2 is 1.83 bits per heavy atom. The first kappa shape index (κ1) is 18.8. The van der Waals surface area contributed by atoms with E-state index < -0.39 is 0 Å². The Bertz CT molecular complexity index is 1220. The molecule has 1 aliphatic heterocycles. The highest BCUT2D eigenvalue weighted by Gasteiger charge is 2.32. The van der Waals surface area contributed by atoms with E-state index in [1.165, 1.54) is 0 Å². The molecule has 6 heteroatoms. The molecule has 1 fully saturated rings. The second-order valence-corrected chi connectivity index (χ2v) is 8.57. The minimum Gasteiger partial charge on any atom is -0.343 e. The third kappa shape index (κ3) is 3.55. The average Bonchev–Trinajstić information content (AvgIpc) is 3.43. The number of fused-ring (bicyclic) bond motifs is 2. The van der Waals surface area contributed by atoms with Crippen molar-refractivity contribution in [2.45, 2.75) is 18.9 Å². The number of aromatic nitrogens is 1. The van der Waals surface area contributed by atoms with E-state index >= 15 is 0 Å². The van der Waals surface area contributed by atoms with Crippen LogP contribution in [0.5, 0.6) is 0 Å². The molecule has 4 aromatic rings. The van der Waals surface area contributed by atoms with Gasteiger partial charge in [0.1, 0.15) is 5.01 Å². The maximum Gasteiger partial charge on any atom is 0.251 e. The van der Waals surface area contributed by atoms with E-state index in [1.807, 2.05) is 59.5 Å². The molecule has 150 valence electrons. The highest BCUT2D eigenvalue weighted by Crippen LogP contribution is 2.36. The molecule has 2 heterocycles. The van der Waals surface area contributed by atoms with Gasteiger partial charge >= 0.3 is 0 Å². The van der Waals surface area contributed by atoms with E-state index in [2.05, 4.69) is 11.4 Å². The molecule has 0 unspecified atom stereocenters. The first-order chi connectivity index (χ1) is 14.7. The second-order valence-electron chi connectivity index (χ2n) is 7.51. The van der Waals surface area contributed by atoms with Gasteiger partial charge in [0.15, 0.2) is 0 Å². The molecular weight excluding hydrogens is 394 g/mol. The number of rotatable bonds is 4. The summed E-state index contributed by atoms with van der Waals surface area (Å²) in [4.78, 5) is 32.1. The minimum absolute atomic E-state index is 0.00689. The normalized spacial score (nSPS) is 16.3. The molecule has 3 aromatic carbocycles. The molecule has 0 aliphatic carbocycles. The van der Waals surface area contributed by atoms with Gasteiger partial charge in [-0.15, -0.1) is 11.3 Å². The highest BCUT2D eigenvalue weighted by atomic mass is 32.1. The SMILES string of the molecule is O=C(NCC(=O)N1CCC[C@@H]1c1nc2ccccc2s1)c1ccc2ccccc2c1. The Kier molecular flexibility index (Phi) is 4.93. The molecule has 5 rings (SSSR count). The van der Waals surface area contributed by atoms with Crippen LogP contribution in [0.4, 0.5) is 0 Å². The zero-order valence-corrected chi connectivity index (χ0v) is 17.2. The number of carbonyl (C=O) groups is 2. The topological polar surface area (TPSA) is 62.3 Å². The van der Waals surface area contributed by atoms with Gasteiger partial charge in [-0.05, 0) is 47.9 Å². The molecule has 0 spiro atoms. The fraction of sp³-hybridized carbons (Fsp3) is 0.208. The van der Waals surface area contributed by atoms with E-state index in [0.717, 1.165) is 38.8 Å². The quantitative estimate of drug-likeness (QED) is 0.532. The molecule has 5 nitrogen and oxygen atoms in total. The zero-order chi connectivity index (χ0) is 20.5. The van der Waals surface area contributed by atoms with Gasteiger partial charge in [-0.1, -0.05) is 42.5 Å². The standard InChI is InChI=1S/C24H21N3O2S/c28-22(15-25-23(29)18-12-11-16-6-1-2-7-17(16)14-18)27-13-5-9-20(27)24-26-19-8-3-4-10-21(19)30-24/h1-4,6-8,10-12,14,20H,5,9,13,15H2,(H,25,29)/t20-/m1/s1. The lowest BCUT2D eigenvalue weighted by atomic mass is 10.1. The summed E-state index contributed by atoms with van der Waals surface area (Å²) in [6, 6.07) is 21.5. The Morgan fingerprint density at radius 1 is 1.03 bits per heavy atom. The second kappa shape index (κ2) is 7.88. The molecule has 1 saturated heterocycles. The van der Waals surface area contributed by atoms with Crippen LogP contribution in [0.15, 0.2) is 66.7 Å². The van der Waals surface area contributed by atoms with Gasteiger partial charge in [0.05, 0.1) is 22.8 Å². The Hall–Kier alpha value is -3.25. The van der Waals surface area contributed by atoms with Gasteiger partial charge < -0.3 is 10.2 Å². The highest BCUT2D eigenvalue weighted by molar-refractivity contribution is 7.18. The summed E-state index contributed by atoms with van der Waals surface area (Å²) in [5.41, 5.74) is 1.53. The van der Waals surface area contributed by atoms with Crippen molar-refractivity contribution in [1.29, 1.82) is 0 Å². The van der Waals surface area contributed by atoms with Gasteiger partial charge in [-0.25, -0.2) is 4.98 Å². The van der Waals surface area contributed by atoms with Crippen molar-refractivity contribution >= 4 is 44.1 Å². The lowest BCUT2D eigenvalue weighted by Gasteiger charge is -2.23. The van der Waals surface area contributed by atoms with Crippen LogP contribution in [0.3, 0.4) is 0 Å². The van der Waals surface area contributed by atoms with Gasteiger partial charge in [0.2, 0.25) is 5.91 Å². The molecule has 0 radical (unpaired) electrons. The van der Waals surface area contributed by atoms with Gasteiger partial charge in [0.25, 0.3) is 5.91 Å². The largest absolute Gasteiger partial charge is 0.343 e. The molecule has 0 saturated carbocycles. The number of hydrogen-bond donors (Lipinski definition) is 1. The Morgan fingerprint density at radius 3 is 2.70 bits per heavy atom. The summed E-state index contributed by atoms with van der Waals surface area (Å²) in [5.74, 6) is -0.296. The summed E-state index contributed by atoms with van der Waals surface area (Å²) >= 11 is 1.65. The van der Waals surface area contributed by atoms with Crippen LogP contribution >= 0.6 is 11.3 Å². The Balaban J connectivity index is 1.27. The van der Waals surface area contributed by atoms with Gasteiger partial charge in [0, 0.05) is 12.1 Å². The number of benzene rings is 3. The molecule has 30 heavy (non-hydrogen) atoms. The van der Waals surface area contributed by atoms with Crippen molar-refractivity contribution < 1.29 is 9.59 Å². The first-order valence-electron chi connectivity index (χ1n) is 10.1. The lowest BCUT2D eigenvalue weighted by Crippen LogP contribution is -2.39. The van der Waals surface area contributed by atoms with Crippen molar-refractivity contribution in [3.05, 3.63) is 77.3 Å². The smallest absolute Gasteiger partial charge is 0.251 e. The number of nitrogens with one attached hydrogen (secondary N) is 1. The number of nitrogens with zero attached hydrogens (tertiary/aromatic N) is 2. The van der Waals surface area contributed by atoms with Crippen molar-refractivity contribution in [2.24, 2.45) is 0 Å². The molecular formula is C24H21N3O2S. The number of likely N-dealkylation sites (tertiary alicyclic amines) is 1. The molecule has 1 aromatic heterocycles. The maximum atomic E-state index is 12.9. The fourth-order valence-electron chi connectivity index (χ4n) is 4.04. The summed E-state index contributed by atoms with van der Waals surface area (Å²) < 4.78 is 1.14. The predicted octanol–water partition coefficient (Wildman–Crippen LogP) is 4.54. The van der Waals surface area contributed by atoms with E-state index in [9.17, 15) is 9.59 Å². The number of hydrogen-bond acceptors (Lipinski definition) is 4. The van der Waals surface area contributed by atoms with E-state index in [1.54, 1.807) is 17.4 Å². The fourth-order valence-corrected chi connectivity index (χ4v) is 5.16. The summed E-state index contributed by atoms with van der Waals surface area (Å²) in [6.07, 6.45) is 1.86. The number of para-hydroxylation sites is 1. The maximum absolute atomic E-state index is 12.9. The van der Waals surface area contributed by atoms with Gasteiger partial charge in [-0.2, -0.15) is 0 Å². The predicted molar refractivity (Wildman–Crippen MR) is 120 cm³/mol. The van der Waals surface area contributed by atoms with Crippen molar-refractivity contribution in [1.82, 2.24) is 15.2 Å². The van der Waals surface area contributed by atoms with Crippen LogP contribution in [0.1, 0.15) is 34.2 Å². The van der Waals surface area contributed by atoms with E-state index in [0.29, 0.717) is 12.1 Å². The third-order valence-electron chi connectivity index (χ3n) is 5.58. The van der Waals surface area contributed by atoms with Crippen LogP contribution < -0.4 is 5.32 Å². The van der Waals surface area contributed by atoms with E-state index in [4.69, 9.17) is 4.98 Å².